The van der Waals surface area contributed by atoms with Gasteiger partial charge >= 0.3 is 0 Å². The average Bonchev–Trinajstić information content (AvgIpc) is 2.75. The van der Waals surface area contributed by atoms with E-state index >= 15 is 0 Å². The fourth-order valence-electron chi connectivity index (χ4n) is 3.37. The van der Waals surface area contributed by atoms with E-state index in [4.69, 9.17) is 11.6 Å². The van der Waals surface area contributed by atoms with E-state index in [2.05, 4.69) is 20.6 Å². The normalized spacial score (nSPS) is 15.1. The summed E-state index contributed by atoms with van der Waals surface area (Å²) in [7, 11) is 0. The van der Waals surface area contributed by atoms with Gasteiger partial charge in [-0.2, -0.15) is 0 Å². The molecule has 1 unspecified atom stereocenters. The molecule has 0 radical (unpaired) electrons. The lowest BCUT2D eigenvalue weighted by Crippen LogP contribution is -2.36. The number of carbonyl (C=O) groups excluding carboxylic acids is 2. The summed E-state index contributed by atoms with van der Waals surface area (Å²) in [5.41, 5.74) is 1.17. The van der Waals surface area contributed by atoms with Gasteiger partial charge in [-0.25, -0.2) is 9.37 Å². The summed E-state index contributed by atoms with van der Waals surface area (Å²) in [6.07, 6.45) is -0.190. The van der Waals surface area contributed by atoms with Crippen LogP contribution in [-0.4, -0.2) is 21.8 Å². The van der Waals surface area contributed by atoms with Crippen LogP contribution in [0.3, 0.4) is 0 Å². The van der Waals surface area contributed by atoms with Gasteiger partial charge in [0.05, 0.1) is 11.5 Å². The molecule has 0 saturated heterocycles. The summed E-state index contributed by atoms with van der Waals surface area (Å²) < 4.78 is 13.9. The Morgan fingerprint density at radius 1 is 1.25 bits per heavy atom. The Hall–Kier alpha value is -3.17. The maximum atomic E-state index is 13.9. The number of nitrogens with zero attached hydrogens (tertiary/aromatic N) is 1. The molecule has 32 heavy (non-hydrogen) atoms. The van der Waals surface area contributed by atoms with Crippen LogP contribution >= 0.6 is 23.4 Å². The molecule has 1 aliphatic rings. The molecular weight excluding hydrogens is 455 g/mol. The van der Waals surface area contributed by atoms with E-state index in [-0.39, 0.29) is 34.5 Å². The summed E-state index contributed by atoms with van der Waals surface area (Å²) in [6.45, 7) is 1.76. The fourth-order valence-corrected chi connectivity index (χ4v) is 4.39. The number of carbonyl (C=O) groups is 2. The number of nitrogens with one attached hydrogen (secondary N) is 3. The van der Waals surface area contributed by atoms with Crippen molar-refractivity contribution in [3.63, 3.8) is 0 Å². The van der Waals surface area contributed by atoms with Gasteiger partial charge in [-0.1, -0.05) is 47.6 Å². The fraction of sp³-hybridized carbons (Fsp3) is 0.182. The van der Waals surface area contributed by atoms with Gasteiger partial charge in [-0.3, -0.25) is 14.4 Å². The molecule has 0 bridgehead atoms. The van der Waals surface area contributed by atoms with Gasteiger partial charge in [0.1, 0.15) is 11.6 Å². The van der Waals surface area contributed by atoms with Gasteiger partial charge in [0.15, 0.2) is 5.16 Å². The number of aromatic amines is 1. The minimum absolute atomic E-state index is 0.0315. The number of rotatable bonds is 5. The maximum Gasteiger partial charge on any atom is 0.257 e. The molecule has 1 aliphatic heterocycles. The van der Waals surface area contributed by atoms with Crippen LogP contribution in [0.4, 0.5) is 15.9 Å². The number of H-pyrrole nitrogens is 1. The van der Waals surface area contributed by atoms with Gasteiger partial charge < -0.3 is 15.6 Å². The van der Waals surface area contributed by atoms with Crippen molar-refractivity contribution in [2.75, 3.05) is 10.6 Å². The Labute approximate surface area is 191 Å². The van der Waals surface area contributed by atoms with Crippen molar-refractivity contribution in [2.45, 2.75) is 30.2 Å². The number of anilines is 2. The van der Waals surface area contributed by atoms with Crippen LogP contribution in [0.2, 0.25) is 5.02 Å². The molecule has 0 fully saturated rings. The molecular formula is C22H18ClFN4O3S. The third kappa shape index (κ3) is 4.53. The van der Waals surface area contributed by atoms with Gasteiger partial charge in [0.2, 0.25) is 11.8 Å². The van der Waals surface area contributed by atoms with Crippen LogP contribution < -0.4 is 16.2 Å². The Bertz CT molecular complexity index is 1280. The highest BCUT2D eigenvalue weighted by molar-refractivity contribution is 7.98. The van der Waals surface area contributed by atoms with Crippen LogP contribution in [-0.2, 0) is 15.3 Å². The van der Waals surface area contributed by atoms with E-state index in [1.54, 1.807) is 43.3 Å². The highest BCUT2D eigenvalue weighted by Gasteiger charge is 2.35. The molecule has 2 amide bonds. The quantitative estimate of drug-likeness (QED) is 0.381. The van der Waals surface area contributed by atoms with Crippen molar-refractivity contribution in [2.24, 2.45) is 0 Å². The van der Waals surface area contributed by atoms with E-state index in [1.165, 1.54) is 6.07 Å². The average molecular weight is 473 g/mol. The van der Waals surface area contributed by atoms with Crippen molar-refractivity contribution in [3.05, 3.63) is 80.3 Å². The van der Waals surface area contributed by atoms with Crippen LogP contribution in [0.25, 0.3) is 0 Å². The maximum absolute atomic E-state index is 13.9. The molecule has 0 spiro atoms. The zero-order valence-corrected chi connectivity index (χ0v) is 18.4. The lowest BCUT2D eigenvalue weighted by molar-refractivity contribution is -0.123. The molecule has 10 heteroatoms. The number of thioether (sulfide) groups is 1. The Morgan fingerprint density at radius 3 is 2.81 bits per heavy atom. The second kappa shape index (κ2) is 9.13. The van der Waals surface area contributed by atoms with Crippen molar-refractivity contribution >= 4 is 46.7 Å². The second-order valence-corrected chi connectivity index (χ2v) is 8.59. The van der Waals surface area contributed by atoms with Crippen LogP contribution in [0.1, 0.15) is 29.0 Å². The molecule has 2 aromatic carbocycles. The summed E-state index contributed by atoms with van der Waals surface area (Å²) in [4.78, 5) is 44.9. The predicted molar refractivity (Wildman–Crippen MR) is 122 cm³/mol. The molecule has 0 aliphatic carbocycles. The minimum Gasteiger partial charge on any atom is -0.325 e. The first-order valence-corrected chi connectivity index (χ1v) is 11.1. The van der Waals surface area contributed by atoms with Gasteiger partial charge in [0, 0.05) is 22.9 Å². The Kier molecular flexibility index (Phi) is 6.29. The summed E-state index contributed by atoms with van der Waals surface area (Å²) in [5, 5.41) is 6.01. The number of benzene rings is 2. The predicted octanol–water partition coefficient (Wildman–Crippen LogP) is 4.23. The Morgan fingerprint density at radius 2 is 2.03 bits per heavy atom. The molecule has 3 N–H and O–H groups in total. The lowest BCUT2D eigenvalue weighted by Gasteiger charge is -2.24. The third-order valence-corrected chi connectivity index (χ3v) is 6.43. The van der Waals surface area contributed by atoms with Crippen LogP contribution in [0.15, 0.2) is 52.4 Å². The van der Waals surface area contributed by atoms with Crippen molar-refractivity contribution in [3.8, 4) is 0 Å². The molecule has 7 nitrogen and oxygen atoms in total. The Balaban J connectivity index is 1.60. The molecule has 2 heterocycles. The first-order valence-electron chi connectivity index (χ1n) is 9.69. The van der Waals surface area contributed by atoms with Crippen molar-refractivity contribution in [1.29, 1.82) is 0 Å². The SMILES string of the molecule is Cc1c(Cl)cccc1NC(=O)C1CC(=O)Nc2nc(SCc3ccccc3F)[nH]c(=O)c21. The smallest absolute Gasteiger partial charge is 0.257 e. The highest BCUT2D eigenvalue weighted by Crippen LogP contribution is 2.32. The molecule has 4 rings (SSSR count). The second-order valence-electron chi connectivity index (χ2n) is 7.22. The molecule has 164 valence electrons. The standard InChI is InChI=1S/C22H18ClFN4O3S/c1-11-14(23)6-4-8-16(11)25-20(30)13-9-17(29)26-19-18(13)21(31)28-22(27-19)32-10-12-5-2-3-7-15(12)24/h2-8,13H,9-10H2,1H3,(H,25,30)(H2,26,27,28,29,31). The van der Waals surface area contributed by atoms with E-state index in [1.807, 2.05) is 0 Å². The van der Waals surface area contributed by atoms with Crippen molar-refractivity contribution in [1.82, 2.24) is 9.97 Å². The molecule has 3 aromatic rings. The molecule has 0 saturated carbocycles. The van der Waals surface area contributed by atoms with E-state index < -0.39 is 23.3 Å². The van der Waals surface area contributed by atoms with Gasteiger partial charge in [0.25, 0.3) is 5.56 Å². The summed E-state index contributed by atoms with van der Waals surface area (Å²) in [6, 6.07) is 11.4. The van der Waals surface area contributed by atoms with Crippen LogP contribution in [0.5, 0.6) is 0 Å². The largest absolute Gasteiger partial charge is 0.325 e. The zero-order valence-electron chi connectivity index (χ0n) is 16.9. The number of fused-ring (bicyclic) bond motifs is 1. The summed E-state index contributed by atoms with van der Waals surface area (Å²) >= 11 is 7.23. The number of hydrogen-bond donors (Lipinski definition) is 3. The molecule has 1 aromatic heterocycles. The van der Waals surface area contributed by atoms with E-state index in [9.17, 15) is 18.8 Å². The topological polar surface area (TPSA) is 104 Å². The third-order valence-electron chi connectivity index (χ3n) is 5.09. The monoisotopic (exact) mass is 472 g/mol. The highest BCUT2D eigenvalue weighted by atomic mass is 35.5. The minimum atomic E-state index is -1.01. The van der Waals surface area contributed by atoms with E-state index in [0.29, 0.717) is 21.8 Å². The number of halogens is 2. The zero-order chi connectivity index (χ0) is 22.8. The van der Waals surface area contributed by atoms with Crippen molar-refractivity contribution < 1.29 is 14.0 Å². The van der Waals surface area contributed by atoms with Crippen LogP contribution in [0, 0.1) is 12.7 Å². The number of aromatic nitrogens is 2. The number of hydrogen-bond acceptors (Lipinski definition) is 5. The van der Waals surface area contributed by atoms with E-state index in [0.717, 1.165) is 11.8 Å². The first-order chi connectivity index (χ1) is 15.3. The summed E-state index contributed by atoms with van der Waals surface area (Å²) in [5.74, 6) is -2.04. The van der Waals surface area contributed by atoms with Gasteiger partial charge in [-0.05, 0) is 36.2 Å². The number of amides is 2. The van der Waals surface area contributed by atoms with Gasteiger partial charge in [-0.15, -0.1) is 0 Å². The first kappa shape index (κ1) is 22.0. The lowest BCUT2D eigenvalue weighted by atomic mass is 9.92. The molecule has 1 atom stereocenters.